The minimum Gasteiger partial charge on any atom is -0.743 e. The molecule has 2 aromatic rings. The fourth-order valence-electron chi connectivity index (χ4n) is 1.33. The van der Waals surface area contributed by atoms with Crippen LogP contribution in [0.5, 0.6) is 0 Å². The van der Waals surface area contributed by atoms with Crippen molar-refractivity contribution in [2.45, 2.75) is 18.1 Å². The van der Waals surface area contributed by atoms with Gasteiger partial charge in [0.15, 0.2) is 9.90 Å². The minimum absolute atomic E-state index is 0.205. The van der Waals surface area contributed by atoms with Crippen molar-refractivity contribution in [1.82, 2.24) is 4.98 Å². The maximum Gasteiger partial charge on any atom is 0.388 e. The van der Waals surface area contributed by atoms with Crippen molar-refractivity contribution >= 4 is 26.4 Å². The van der Waals surface area contributed by atoms with Gasteiger partial charge in [-0.2, -0.15) is 4.40 Å². The largest absolute Gasteiger partial charge is 0.743 e. The van der Waals surface area contributed by atoms with Gasteiger partial charge >= 0.3 is 4.96 Å². The lowest BCUT2D eigenvalue weighted by Gasteiger charge is -1.98. The topological polar surface area (TPSA) is 74.2 Å². The van der Waals surface area contributed by atoms with Gasteiger partial charge in [0.2, 0.25) is 0 Å². The smallest absolute Gasteiger partial charge is 0.388 e. The highest BCUT2D eigenvalue weighted by Gasteiger charge is 2.17. The Kier molecular flexibility index (Phi) is 2.25. The van der Waals surface area contributed by atoms with Crippen molar-refractivity contribution in [2.75, 3.05) is 0 Å². The molecule has 0 aromatic carbocycles. The minimum atomic E-state index is -4.39. The number of fused-ring (bicyclic) bond motifs is 1. The Morgan fingerprint density at radius 2 is 2.13 bits per heavy atom. The molecule has 0 aliphatic heterocycles. The molecule has 80 valence electrons. The Morgan fingerprint density at radius 1 is 1.47 bits per heavy atom. The molecule has 0 saturated heterocycles. The Morgan fingerprint density at radius 3 is 2.73 bits per heavy atom. The Labute approximate surface area is 90.8 Å². The molecule has 0 fully saturated rings. The third-order valence-electron chi connectivity index (χ3n) is 1.95. The number of aromatic nitrogens is 2. The van der Waals surface area contributed by atoms with E-state index in [0.717, 1.165) is 22.7 Å². The monoisotopic (exact) mass is 244 g/mol. The molecule has 0 bridgehead atoms. The number of hydrogen-bond acceptors (Lipinski definition) is 5. The molecule has 2 heterocycles. The van der Waals surface area contributed by atoms with Gasteiger partial charge in [-0.05, 0) is 23.2 Å². The van der Waals surface area contributed by atoms with E-state index in [1.54, 1.807) is 4.40 Å². The summed E-state index contributed by atoms with van der Waals surface area (Å²) in [7, 11) is -4.39. The third kappa shape index (κ3) is 1.85. The zero-order valence-corrected chi connectivity index (χ0v) is 9.72. The highest BCUT2D eigenvalue weighted by Crippen LogP contribution is 2.17. The van der Waals surface area contributed by atoms with E-state index in [-0.39, 0.29) is 4.21 Å². The van der Waals surface area contributed by atoms with Gasteiger partial charge in [0.05, 0.1) is 0 Å². The summed E-state index contributed by atoms with van der Waals surface area (Å²) in [5.41, 5.74) is 1.65. The fourth-order valence-corrected chi connectivity index (χ4v) is 3.02. The summed E-state index contributed by atoms with van der Waals surface area (Å²) in [5, 5.41) is 0. The summed E-state index contributed by atoms with van der Waals surface area (Å²) in [6.45, 7) is 3.65. The van der Waals surface area contributed by atoms with Crippen LogP contribution in [0.25, 0.3) is 4.96 Å². The summed E-state index contributed by atoms with van der Waals surface area (Å²) in [5.74, 6) is 0. The van der Waals surface area contributed by atoms with Crippen molar-refractivity contribution in [2.24, 2.45) is 0 Å². The van der Waals surface area contributed by atoms with Crippen molar-refractivity contribution in [3.8, 4) is 0 Å². The van der Waals surface area contributed by atoms with Crippen LogP contribution in [0, 0.1) is 13.8 Å². The lowest BCUT2D eigenvalue weighted by atomic mass is 10.3. The predicted molar refractivity (Wildman–Crippen MR) is 52.7 cm³/mol. The van der Waals surface area contributed by atoms with Crippen molar-refractivity contribution < 1.29 is 17.4 Å². The molecule has 0 aliphatic carbocycles. The SMILES string of the molecule is Cc1cc(C)[n+]2cc(S(=O)(=O)[O-])sc2n1. The van der Waals surface area contributed by atoms with Crippen molar-refractivity contribution in [3.63, 3.8) is 0 Å². The van der Waals surface area contributed by atoms with E-state index in [4.69, 9.17) is 0 Å². The Hall–Kier alpha value is -1.05. The van der Waals surface area contributed by atoms with Crippen LogP contribution in [0.15, 0.2) is 16.5 Å². The van der Waals surface area contributed by atoms with E-state index in [1.807, 2.05) is 19.9 Å². The van der Waals surface area contributed by atoms with Crippen LogP contribution in [0.4, 0.5) is 0 Å². The lowest BCUT2D eigenvalue weighted by Crippen LogP contribution is -2.23. The standard InChI is InChI=1S/C8H8N2O3S2/c1-5-3-6(2)10-4-7(15(11,12)13)14-8(10)9-5/h3-4H,1-2H3. The van der Waals surface area contributed by atoms with Gasteiger partial charge in [0.25, 0.3) is 0 Å². The first-order valence-corrected chi connectivity index (χ1v) is 6.36. The fraction of sp³-hybridized carbons (Fsp3) is 0.250. The van der Waals surface area contributed by atoms with Crippen molar-refractivity contribution in [1.29, 1.82) is 0 Å². The van der Waals surface area contributed by atoms with Crippen LogP contribution in [0.2, 0.25) is 0 Å². The van der Waals surface area contributed by atoms with Gasteiger partial charge in [-0.1, -0.05) is 0 Å². The van der Waals surface area contributed by atoms with Gasteiger partial charge < -0.3 is 4.55 Å². The molecule has 2 rings (SSSR count). The molecular formula is C8H8N2O3S2. The van der Waals surface area contributed by atoms with E-state index in [9.17, 15) is 13.0 Å². The van der Waals surface area contributed by atoms with Crippen LogP contribution < -0.4 is 4.40 Å². The summed E-state index contributed by atoms with van der Waals surface area (Å²) >= 11 is 0.884. The molecule has 0 atom stereocenters. The zero-order valence-electron chi connectivity index (χ0n) is 8.09. The molecular weight excluding hydrogens is 236 g/mol. The molecule has 15 heavy (non-hydrogen) atoms. The summed E-state index contributed by atoms with van der Waals surface area (Å²) in [6.07, 6.45) is 1.31. The van der Waals surface area contributed by atoms with Gasteiger partial charge in [-0.3, -0.25) is 0 Å². The number of thiazole rings is 1. The van der Waals surface area contributed by atoms with E-state index in [1.165, 1.54) is 6.20 Å². The van der Waals surface area contributed by atoms with E-state index < -0.39 is 10.1 Å². The quantitative estimate of drug-likeness (QED) is 0.537. The molecule has 0 N–H and O–H groups in total. The van der Waals surface area contributed by atoms with Crippen LogP contribution in [-0.4, -0.2) is 18.0 Å². The predicted octanol–water partition coefficient (Wildman–Crippen LogP) is 0.403. The molecule has 2 aromatic heterocycles. The molecule has 0 aliphatic rings. The van der Waals surface area contributed by atoms with E-state index >= 15 is 0 Å². The Bertz CT molecular complexity index is 631. The molecule has 0 spiro atoms. The summed E-state index contributed by atoms with van der Waals surface area (Å²) < 4.78 is 33.8. The molecule has 0 saturated carbocycles. The van der Waals surface area contributed by atoms with Crippen LogP contribution >= 0.6 is 11.3 Å². The lowest BCUT2D eigenvalue weighted by molar-refractivity contribution is -0.519. The number of nitrogens with zero attached hydrogens (tertiary/aromatic N) is 2. The van der Waals surface area contributed by atoms with Crippen LogP contribution in [0.1, 0.15) is 11.4 Å². The van der Waals surface area contributed by atoms with Gasteiger partial charge in [0.1, 0.15) is 22.0 Å². The number of rotatable bonds is 1. The Balaban J connectivity index is 2.82. The molecule has 0 amide bonds. The first-order valence-electron chi connectivity index (χ1n) is 4.13. The van der Waals surface area contributed by atoms with E-state index in [2.05, 4.69) is 4.98 Å². The molecule has 0 unspecified atom stereocenters. The third-order valence-corrected chi connectivity index (χ3v) is 4.19. The molecule has 7 heteroatoms. The second kappa shape index (κ2) is 3.22. The summed E-state index contributed by atoms with van der Waals surface area (Å²) in [6, 6.07) is 1.82. The molecule has 5 nitrogen and oxygen atoms in total. The average molecular weight is 244 g/mol. The van der Waals surface area contributed by atoms with Gasteiger partial charge in [0, 0.05) is 13.0 Å². The summed E-state index contributed by atoms with van der Waals surface area (Å²) in [4.78, 5) is 4.66. The highest BCUT2D eigenvalue weighted by molar-refractivity contribution is 7.88. The maximum atomic E-state index is 10.8. The van der Waals surface area contributed by atoms with Gasteiger partial charge in [-0.25, -0.2) is 8.42 Å². The zero-order chi connectivity index (χ0) is 11.2. The number of hydrogen-bond donors (Lipinski definition) is 0. The highest BCUT2D eigenvalue weighted by atomic mass is 32.3. The van der Waals surface area contributed by atoms with E-state index in [0.29, 0.717) is 4.96 Å². The first kappa shape index (κ1) is 10.5. The first-order chi connectivity index (χ1) is 6.88. The average Bonchev–Trinajstić information content (AvgIpc) is 2.46. The second-order valence-corrected chi connectivity index (χ2v) is 5.81. The second-order valence-electron chi connectivity index (χ2n) is 3.20. The molecule has 0 radical (unpaired) electrons. The van der Waals surface area contributed by atoms with Crippen LogP contribution in [0.3, 0.4) is 0 Å². The normalized spacial score (nSPS) is 12.2. The van der Waals surface area contributed by atoms with Gasteiger partial charge in [-0.15, -0.1) is 0 Å². The maximum absolute atomic E-state index is 10.8. The number of aryl methyl sites for hydroxylation is 2. The van der Waals surface area contributed by atoms with Crippen molar-refractivity contribution in [3.05, 3.63) is 23.7 Å². The van der Waals surface area contributed by atoms with Crippen LogP contribution in [-0.2, 0) is 10.1 Å².